The number of benzene rings is 1. The van der Waals surface area contributed by atoms with Gasteiger partial charge in [-0.25, -0.2) is 8.42 Å². The van der Waals surface area contributed by atoms with Gasteiger partial charge in [-0.3, -0.25) is 9.59 Å². The number of hydrogen-bond acceptors (Lipinski definition) is 5. The Kier molecular flexibility index (Phi) is 6.60. The minimum Gasteiger partial charge on any atom is -0.339 e. The molecule has 1 saturated heterocycles. The number of piperazine rings is 1. The third-order valence-electron chi connectivity index (χ3n) is 5.23. The summed E-state index contributed by atoms with van der Waals surface area (Å²) < 4.78 is 27.0. The molecular weight excluding hydrogens is 384 g/mol. The zero-order valence-corrected chi connectivity index (χ0v) is 17.2. The number of amides is 1. The van der Waals surface area contributed by atoms with Crippen LogP contribution in [0.5, 0.6) is 0 Å². The summed E-state index contributed by atoms with van der Waals surface area (Å²) in [6, 6.07) is 6.02. The molecule has 1 aliphatic heterocycles. The van der Waals surface area contributed by atoms with Crippen LogP contribution in [0.25, 0.3) is 0 Å². The lowest BCUT2D eigenvalue weighted by atomic mass is 10.2. The lowest BCUT2D eigenvalue weighted by Crippen LogP contribution is -2.51. The van der Waals surface area contributed by atoms with Crippen molar-refractivity contribution in [2.24, 2.45) is 0 Å². The lowest BCUT2D eigenvalue weighted by Gasteiger charge is -2.34. The average Bonchev–Trinajstić information content (AvgIpc) is 3.20. The summed E-state index contributed by atoms with van der Waals surface area (Å²) in [5.41, 5.74) is 0.490. The largest absolute Gasteiger partial charge is 0.339 e. The summed E-state index contributed by atoms with van der Waals surface area (Å²) in [5.74, 6) is 0.500. The minimum absolute atomic E-state index is 0.0958. The van der Waals surface area contributed by atoms with Crippen molar-refractivity contribution in [2.45, 2.75) is 42.8 Å². The van der Waals surface area contributed by atoms with Gasteiger partial charge in [0.25, 0.3) is 0 Å². The Bertz CT molecular complexity index is 778. The Balaban J connectivity index is 1.54. The molecule has 0 unspecified atom stereocenters. The fraction of sp³-hybridized carbons (Fsp3) is 0.579. The van der Waals surface area contributed by atoms with Crippen molar-refractivity contribution < 1.29 is 18.0 Å². The second kappa shape index (κ2) is 8.75. The highest BCUT2D eigenvalue weighted by molar-refractivity contribution is 8.00. The molecule has 1 heterocycles. The zero-order chi connectivity index (χ0) is 19.4. The lowest BCUT2D eigenvalue weighted by molar-refractivity contribution is -0.129. The molecule has 0 aromatic heterocycles. The van der Waals surface area contributed by atoms with Crippen LogP contribution in [-0.2, 0) is 14.8 Å². The van der Waals surface area contributed by atoms with E-state index in [0.717, 1.165) is 0 Å². The SMILES string of the molecule is CC(=O)c1ccc(S(=O)(=O)N2CCN(C(=O)CSC3CCCC3)CC2)cc1. The summed E-state index contributed by atoms with van der Waals surface area (Å²) in [6.07, 6.45) is 4.92. The first-order valence-corrected chi connectivity index (χ1v) is 11.9. The van der Waals surface area contributed by atoms with E-state index in [4.69, 9.17) is 0 Å². The van der Waals surface area contributed by atoms with Gasteiger partial charge in [-0.1, -0.05) is 25.0 Å². The first-order valence-electron chi connectivity index (χ1n) is 9.38. The molecule has 2 aliphatic rings. The van der Waals surface area contributed by atoms with E-state index in [2.05, 4.69) is 0 Å². The smallest absolute Gasteiger partial charge is 0.243 e. The van der Waals surface area contributed by atoms with Gasteiger partial charge in [-0.15, -0.1) is 11.8 Å². The topological polar surface area (TPSA) is 74.8 Å². The number of nitrogens with zero attached hydrogens (tertiary/aromatic N) is 2. The average molecular weight is 411 g/mol. The normalized spacial score (nSPS) is 19.4. The molecule has 1 aromatic rings. The molecule has 0 bridgehead atoms. The number of hydrogen-bond donors (Lipinski definition) is 0. The molecule has 2 fully saturated rings. The van der Waals surface area contributed by atoms with Gasteiger partial charge in [0.1, 0.15) is 0 Å². The summed E-state index contributed by atoms with van der Waals surface area (Å²) in [4.78, 5) is 25.7. The highest BCUT2D eigenvalue weighted by atomic mass is 32.2. The van der Waals surface area contributed by atoms with Crippen LogP contribution >= 0.6 is 11.8 Å². The molecule has 3 rings (SSSR count). The van der Waals surface area contributed by atoms with Gasteiger partial charge in [-0.2, -0.15) is 4.31 Å². The number of carbonyl (C=O) groups is 2. The second-order valence-electron chi connectivity index (χ2n) is 7.08. The summed E-state index contributed by atoms with van der Waals surface area (Å²) in [5, 5.41) is 0.605. The van der Waals surface area contributed by atoms with Gasteiger partial charge in [0, 0.05) is 37.0 Å². The summed E-state index contributed by atoms with van der Waals surface area (Å²) >= 11 is 1.74. The zero-order valence-electron chi connectivity index (χ0n) is 15.6. The van der Waals surface area contributed by atoms with Crippen LogP contribution in [0.4, 0.5) is 0 Å². The van der Waals surface area contributed by atoms with E-state index in [0.29, 0.717) is 42.7 Å². The van der Waals surface area contributed by atoms with Crippen molar-refractivity contribution in [1.82, 2.24) is 9.21 Å². The van der Waals surface area contributed by atoms with Crippen molar-refractivity contribution in [1.29, 1.82) is 0 Å². The fourth-order valence-corrected chi connectivity index (χ4v) is 6.17. The molecule has 0 N–H and O–H groups in total. The Morgan fingerprint density at radius 2 is 1.63 bits per heavy atom. The molecule has 6 nitrogen and oxygen atoms in total. The van der Waals surface area contributed by atoms with E-state index in [1.807, 2.05) is 0 Å². The van der Waals surface area contributed by atoms with E-state index in [9.17, 15) is 18.0 Å². The van der Waals surface area contributed by atoms with Crippen LogP contribution < -0.4 is 0 Å². The Labute approximate surface area is 165 Å². The van der Waals surface area contributed by atoms with Crippen molar-refractivity contribution in [2.75, 3.05) is 31.9 Å². The number of Topliss-reactive ketones (excluding diaryl/α,β-unsaturated/α-hetero) is 1. The first kappa shape index (κ1) is 20.4. The molecule has 0 spiro atoms. The molecule has 1 aromatic carbocycles. The van der Waals surface area contributed by atoms with Crippen molar-refractivity contribution in [3.8, 4) is 0 Å². The predicted octanol–water partition coefficient (Wildman–Crippen LogP) is 2.40. The third kappa shape index (κ3) is 4.92. The predicted molar refractivity (Wildman–Crippen MR) is 106 cm³/mol. The van der Waals surface area contributed by atoms with Crippen LogP contribution in [-0.4, -0.2) is 66.5 Å². The maximum Gasteiger partial charge on any atom is 0.243 e. The molecule has 1 amide bonds. The van der Waals surface area contributed by atoms with Crippen LogP contribution in [0.15, 0.2) is 29.2 Å². The van der Waals surface area contributed by atoms with Crippen molar-refractivity contribution >= 4 is 33.5 Å². The summed E-state index contributed by atoms with van der Waals surface area (Å²) in [7, 11) is -3.60. The number of sulfonamides is 1. The first-order chi connectivity index (χ1) is 12.9. The number of thioether (sulfide) groups is 1. The van der Waals surface area contributed by atoms with Gasteiger partial charge in [-0.05, 0) is 31.9 Å². The Morgan fingerprint density at radius 1 is 1.04 bits per heavy atom. The molecule has 1 aliphatic carbocycles. The monoisotopic (exact) mass is 410 g/mol. The maximum atomic E-state index is 12.8. The molecular formula is C19H26N2O4S2. The van der Waals surface area contributed by atoms with Gasteiger partial charge in [0.2, 0.25) is 15.9 Å². The van der Waals surface area contributed by atoms with Crippen LogP contribution in [0.3, 0.4) is 0 Å². The molecule has 27 heavy (non-hydrogen) atoms. The highest BCUT2D eigenvalue weighted by Crippen LogP contribution is 2.29. The van der Waals surface area contributed by atoms with E-state index < -0.39 is 10.0 Å². The second-order valence-corrected chi connectivity index (χ2v) is 10.3. The van der Waals surface area contributed by atoms with Crippen LogP contribution in [0.2, 0.25) is 0 Å². The van der Waals surface area contributed by atoms with Gasteiger partial charge in [0.05, 0.1) is 10.6 Å². The third-order valence-corrected chi connectivity index (χ3v) is 8.50. The van der Waals surface area contributed by atoms with Crippen molar-refractivity contribution in [3.05, 3.63) is 29.8 Å². The Morgan fingerprint density at radius 3 is 2.19 bits per heavy atom. The quantitative estimate of drug-likeness (QED) is 0.673. The number of rotatable bonds is 6. The van der Waals surface area contributed by atoms with Gasteiger partial charge in [0.15, 0.2) is 5.78 Å². The summed E-state index contributed by atoms with van der Waals surface area (Å²) in [6.45, 7) is 2.90. The van der Waals surface area contributed by atoms with Crippen LogP contribution in [0.1, 0.15) is 43.0 Å². The van der Waals surface area contributed by atoms with E-state index in [-0.39, 0.29) is 16.6 Å². The van der Waals surface area contributed by atoms with E-state index in [1.165, 1.54) is 61.2 Å². The number of ketones is 1. The molecule has 0 radical (unpaired) electrons. The molecule has 1 saturated carbocycles. The molecule has 8 heteroatoms. The highest BCUT2D eigenvalue weighted by Gasteiger charge is 2.30. The van der Waals surface area contributed by atoms with Gasteiger partial charge >= 0.3 is 0 Å². The standard InChI is InChI=1S/C19H26N2O4S2/c1-15(22)16-6-8-18(9-7-16)27(24,25)21-12-10-20(11-13-21)19(23)14-26-17-4-2-3-5-17/h6-9,17H,2-5,10-14H2,1H3. The Hall–Kier alpha value is -1.38. The maximum absolute atomic E-state index is 12.8. The van der Waals surface area contributed by atoms with Gasteiger partial charge < -0.3 is 4.90 Å². The van der Waals surface area contributed by atoms with Crippen LogP contribution in [0, 0.1) is 0 Å². The van der Waals surface area contributed by atoms with Crippen molar-refractivity contribution in [3.63, 3.8) is 0 Å². The fourth-order valence-electron chi connectivity index (χ4n) is 3.52. The molecule has 148 valence electrons. The van der Waals surface area contributed by atoms with E-state index in [1.54, 1.807) is 16.7 Å². The minimum atomic E-state index is -3.60. The number of carbonyl (C=O) groups excluding carboxylic acids is 2. The molecule has 0 atom stereocenters. The van der Waals surface area contributed by atoms with E-state index >= 15 is 0 Å².